The number of nitrogens with zero attached hydrogens (tertiary/aromatic N) is 1. The molecule has 1 aromatic rings. The number of nitrogens with one attached hydrogen (secondary N) is 1. The Morgan fingerprint density at radius 1 is 1.11 bits per heavy atom. The van der Waals surface area contributed by atoms with Crippen LogP contribution in [-0.4, -0.2) is 29.6 Å². The third kappa shape index (κ3) is 3.80. The fourth-order valence-electron chi connectivity index (χ4n) is 3.23. The van der Waals surface area contributed by atoms with Crippen LogP contribution >= 0.6 is 0 Å². The lowest BCUT2D eigenvalue weighted by atomic mass is 9.90. The van der Waals surface area contributed by atoms with Crippen LogP contribution in [0.3, 0.4) is 0 Å². The fourth-order valence-corrected chi connectivity index (χ4v) is 3.23. The van der Waals surface area contributed by atoms with Crippen LogP contribution < -0.4 is 5.32 Å². The molecule has 0 aliphatic carbocycles. The molecule has 2 rings (SSSR count). The second kappa shape index (κ2) is 6.53. The minimum absolute atomic E-state index is 0.561. The number of likely N-dealkylation sites (tertiary alicyclic amines) is 1. The van der Waals surface area contributed by atoms with Gasteiger partial charge in [-0.2, -0.15) is 0 Å². The Balaban J connectivity index is 2.13. The molecule has 19 heavy (non-hydrogen) atoms. The quantitative estimate of drug-likeness (QED) is 0.890. The first-order valence-corrected chi connectivity index (χ1v) is 7.64. The van der Waals surface area contributed by atoms with Crippen molar-refractivity contribution in [2.24, 2.45) is 0 Å². The Kier molecular flexibility index (Phi) is 5.00. The van der Waals surface area contributed by atoms with Gasteiger partial charge in [0.2, 0.25) is 0 Å². The van der Waals surface area contributed by atoms with E-state index in [1.165, 1.54) is 24.9 Å². The van der Waals surface area contributed by atoms with Gasteiger partial charge in [-0.25, -0.2) is 0 Å². The van der Waals surface area contributed by atoms with Crippen LogP contribution in [0.15, 0.2) is 30.3 Å². The lowest BCUT2D eigenvalue weighted by molar-refractivity contribution is 0.0904. The molecule has 0 bridgehead atoms. The first-order valence-electron chi connectivity index (χ1n) is 7.64. The summed E-state index contributed by atoms with van der Waals surface area (Å²) < 4.78 is 0. The Bertz CT molecular complexity index is 372. The van der Waals surface area contributed by atoms with Crippen molar-refractivity contribution < 1.29 is 0 Å². The third-order valence-corrected chi connectivity index (χ3v) is 4.06. The zero-order valence-electron chi connectivity index (χ0n) is 12.8. The van der Waals surface area contributed by atoms with E-state index in [1.807, 2.05) is 0 Å². The van der Waals surface area contributed by atoms with Crippen molar-refractivity contribution in [3.05, 3.63) is 35.9 Å². The Hall–Kier alpha value is -0.860. The van der Waals surface area contributed by atoms with E-state index in [9.17, 15) is 0 Å². The van der Waals surface area contributed by atoms with Gasteiger partial charge in [0.05, 0.1) is 0 Å². The molecule has 1 N–H and O–H groups in total. The summed E-state index contributed by atoms with van der Waals surface area (Å²) in [4.78, 5) is 2.65. The summed E-state index contributed by atoms with van der Waals surface area (Å²) in [6.45, 7) is 10.3. The summed E-state index contributed by atoms with van der Waals surface area (Å²) in [5, 5.41) is 3.71. The van der Waals surface area contributed by atoms with Crippen LogP contribution in [0, 0.1) is 0 Å². The molecule has 2 nitrogen and oxygen atoms in total. The highest BCUT2D eigenvalue weighted by atomic mass is 15.2. The highest BCUT2D eigenvalue weighted by molar-refractivity contribution is 5.20. The molecule has 0 spiro atoms. The van der Waals surface area contributed by atoms with Crippen molar-refractivity contribution in [1.29, 1.82) is 0 Å². The second-order valence-corrected chi connectivity index (χ2v) is 6.30. The largest absolute Gasteiger partial charge is 0.312 e. The van der Waals surface area contributed by atoms with E-state index >= 15 is 0 Å². The van der Waals surface area contributed by atoms with Gasteiger partial charge in [-0.15, -0.1) is 0 Å². The monoisotopic (exact) mass is 260 g/mol. The predicted molar refractivity (Wildman–Crippen MR) is 82.3 cm³/mol. The van der Waals surface area contributed by atoms with Crippen LogP contribution in [0.1, 0.15) is 52.1 Å². The second-order valence-electron chi connectivity index (χ2n) is 6.30. The number of hydrogen-bond acceptors (Lipinski definition) is 2. The van der Waals surface area contributed by atoms with E-state index in [1.54, 1.807) is 0 Å². The Labute approximate surface area is 118 Å². The van der Waals surface area contributed by atoms with E-state index in [-0.39, 0.29) is 0 Å². The molecular weight excluding hydrogens is 232 g/mol. The predicted octanol–water partition coefficient (Wildman–Crippen LogP) is 3.60. The zero-order chi connectivity index (χ0) is 13.8. The summed E-state index contributed by atoms with van der Waals surface area (Å²) in [6.07, 6.45) is 2.49. The Morgan fingerprint density at radius 2 is 1.79 bits per heavy atom. The van der Waals surface area contributed by atoms with Gasteiger partial charge in [-0.3, -0.25) is 4.90 Å². The van der Waals surface area contributed by atoms with Crippen molar-refractivity contribution in [2.75, 3.05) is 6.54 Å². The van der Waals surface area contributed by atoms with Crippen molar-refractivity contribution >= 4 is 0 Å². The number of piperidine rings is 1. The SMILES string of the molecule is CC(C)N[C@@H]1CCN(C(C)C)[C@H](c2ccccc2)C1. The molecule has 0 saturated carbocycles. The maximum absolute atomic E-state index is 3.71. The maximum Gasteiger partial charge on any atom is 0.0365 e. The fraction of sp³-hybridized carbons (Fsp3) is 0.647. The first kappa shape index (κ1) is 14.5. The molecule has 1 aliphatic heterocycles. The van der Waals surface area contributed by atoms with Crippen molar-refractivity contribution in [2.45, 2.75) is 64.7 Å². The van der Waals surface area contributed by atoms with Crippen LogP contribution in [0.4, 0.5) is 0 Å². The van der Waals surface area contributed by atoms with E-state index in [2.05, 4.69) is 68.2 Å². The summed E-state index contributed by atoms with van der Waals surface area (Å²) in [7, 11) is 0. The van der Waals surface area contributed by atoms with Crippen LogP contribution in [-0.2, 0) is 0 Å². The Morgan fingerprint density at radius 3 is 2.37 bits per heavy atom. The van der Waals surface area contributed by atoms with Gasteiger partial charge >= 0.3 is 0 Å². The normalized spacial score (nSPS) is 25.2. The van der Waals surface area contributed by atoms with Crippen LogP contribution in [0.2, 0.25) is 0 Å². The van der Waals surface area contributed by atoms with Crippen LogP contribution in [0.5, 0.6) is 0 Å². The smallest absolute Gasteiger partial charge is 0.0365 e. The topological polar surface area (TPSA) is 15.3 Å². The summed E-state index contributed by atoms with van der Waals surface area (Å²) in [6, 6.07) is 13.4. The number of rotatable bonds is 4. The molecule has 1 saturated heterocycles. The van der Waals surface area contributed by atoms with Gasteiger partial charge in [-0.1, -0.05) is 44.2 Å². The molecule has 1 aromatic carbocycles. The molecule has 1 fully saturated rings. The van der Waals surface area contributed by atoms with Gasteiger partial charge in [0.1, 0.15) is 0 Å². The standard InChI is InChI=1S/C17H28N2/c1-13(2)18-16-10-11-19(14(3)4)17(12-16)15-8-6-5-7-9-15/h5-9,13-14,16-18H,10-12H2,1-4H3/t16-,17+/m1/s1. The van der Waals surface area contributed by atoms with E-state index in [0.29, 0.717) is 24.2 Å². The lowest BCUT2D eigenvalue weighted by Crippen LogP contribution is -2.48. The van der Waals surface area contributed by atoms with E-state index in [4.69, 9.17) is 0 Å². The molecule has 0 radical (unpaired) electrons. The third-order valence-electron chi connectivity index (χ3n) is 4.06. The molecule has 1 heterocycles. The van der Waals surface area contributed by atoms with E-state index in [0.717, 1.165) is 0 Å². The van der Waals surface area contributed by atoms with E-state index < -0.39 is 0 Å². The number of hydrogen-bond donors (Lipinski definition) is 1. The van der Waals surface area contributed by atoms with Gasteiger partial charge < -0.3 is 5.32 Å². The highest BCUT2D eigenvalue weighted by Crippen LogP contribution is 2.32. The maximum atomic E-state index is 3.71. The molecule has 0 aromatic heterocycles. The number of benzene rings is 1. The molecule has 0 unspecified atom stereocenters. The summed E-state index contributed by atoms with van der Waals surface area (Å²) in [5.41, 5.74) is 1.46. The molecule has 106 valence electrons. The first-order chi connectivity index (χ1) is 9.08. The zero-order valence-corrected chi connectivity index (χ0v) is 12.8. The van der Waals surface area contributed by atoms with Gasteiger partial charge in [0.25, 0.3) is 0 Å². The van der Waals surface area contributed by atoms with Crippen molar-refractivity contribution in [1.82, 2.24) is 10.2 Å². The average molecular weight is 260 g/mol. The molecular formula is C17H28N2. The molecule has 1 aliphatic rings. The molecule has 0 amide bonds. The minimum atomic E-state index is 0.561. The summed E-state index contributed by atoms with van der Waals surface area (Å²) >= 11 is 0. The molecule has 2 heteroatoms. The minimum Gasteiger partial charge on any atom is -0.312 e. The van der Waals surface area contributed by atoms with Gasteiger partial charge in [-0.05, 0) is 32.3 Å². The van der Waals surface area contributed by atoms with Crippen molar-refractivity contribution in [3.8, 4) is 0 Å². The van der Waals surface area contributed by atoms with Crippen molar-refractivity contribution in [3.63, 3.8) is 0 Å². The highest BCUT2D eigenvalue weighted by Gasteiger charge is 2.30. The van der Waals surface area contributed by atoms with Crippen LogP contribution in [0.25, 0.3) is 0 Å². The van der Waals surface area contributed by atoms with Gasteiger partial charge in [0, 0.05) is 30.7 Å². The average Bonchev–Trinajstić information content (AvgIpc) is 2.38. The van der Waals surface area contributed by atoms with Gasteiger partial charge in [0.15, 0.2) is 0 Å². The lowest BCUT2D eigenvalue weighted by Gasteiger charge is -2.43. The molecule has 2 atom stereocenters. The summed E-state index contributed by atoms with van der Waals surface area (Å²) in [5.74, 6) is 0.